The molecule has 0 atom stereocenters. The second kappa shape index (κ2) is 4.13. The Morgan fingerprint density at radius 3 is 2.15 bits per heavy atom. The summed E-state index contributed by atoms with van der Waals surface area (Å²) >= 11 is 0.416. The van der Waals surface area contributed by atoms with Gasteiger partial charge in [-0.25, -0.2) is 0 Å². The van der Waals surface area contributed by atoms with E-state index in [9.17, 15) is 0 Å². The second-order valence-corrected chi connectivity index (χ2v) is 6.54. The van der Waals surface area contributed by atoms with Crippen molar-refractivity contribution < 1.29 is 0 Å². The van der Waals surface area contributed by atoms with Crippen LogP contribution in [0.15, 0.2) is 41.4 Å². The SMILES string of the molecule is C=C([Se]c1ccccc1)C(C)(C)C. The second-order valence-electron chi connectivity index (χ2n) is 4.09. The fraction of sp³-hybridized carbons (Fsp3) is 0.333. The molecule has 0 saturated heterocycles. The molecular weight excluding hydrogens is 223 g/mol. The van der Waals surface area contributed by atoms with Crippen LogP contribution in [0.4, 0.5) is 0 Å². The van der Waals surface area contributed by atoms with Crippen molar-refractivity contribution in [3.63, 3.8) is 0 Å². The molecule has 1 aromatic rings. The van der Waals surface area contributed by atoms with Gasteiger partial charge in [-0.1, -0.05) is 0 Å². The van der Waals surface area contributed by atoms with Crippen molar-refractivity contribution in [2.45, 2.75) is 20.8 Å². The minimum absolute atomic E-state index is 0.246. The Morgan fingerprint density at radius 1 is 1.15 bits per heavy atom. The van der Waals surface area contributed by atoms with Crippen molar-refractivity contribution in [1.29, 1.82) is 0 Å². The van der Waals surface area contributed by atoms with Crippen LogP contribution in [0.2, 0.25) is 0 Å². The third-order valence-electron chi connectivity index (χ3n) is 1.82. The van der Waals surface area contributed by atoms with E-state index in [0.29, 0.717) is 15.0 Å². The first-order chi connectivity index (χ1) is 6.00. The maximum atomic E-state index is 4.15. The van der Waals surface area contributed by atoms with Crippen LogP contribution in [0.5, 0.6) is 0 Å². The molecule has 0 fully saturated rings. The van der Waals surface area contributed by atoms with Crippen molar-refractivity contribution in [3.8, 4) is 0 Å². The molecule has 0 heterocycles. The number of rotatable bonds is 2. The molecule has 13 heavy (non-hydrogen) atoms. The first-order valence-electron chi connectivity index (χ1n) is 4.42. The summed E-state index contributed by atoms with van der Waals surface area (Å²) in [4.78, 5) is 0. The van der Waals surface area contributed by atoms with Gasteiger partial charge in [0.25, 0.3) is 0 Å². The van der Waals surface area contributed by atoms with Crippen molar-refractivity contribution in [3.05, 3.63) is 41.4 Å². The van der Waals surface area contributed by atoms with E-state index in [1.807, 2.05) is 0 Å². The average molecular weight is 239 g/mol. The zero-order valence-electron chi connectivity index (χ0n) is 8.50. The van der Waals surface area contributed by atoms with Crippen molar-refractivity contribution in [1.82, 2.24) is 0 Å². The van der Waals surface area contributed by atoms with Crippen LogP contribution in [0.25, 0.3) is 0 Å². The summed E-state index contributed by atoms with van der Waals surface area (Å²) < 4.78 is 2.76. The van der Waals surface area contributed by atoms with Gasteiger partial charge in [0.05, 0.1) is 0 Å². The topological polar surface area (TPSA) is 0 Å². The van der Waals surface area contributed by atoms with Crippen LogP contribution in [-0.4, -0.2) is 15.0 Å². The molecule has 70 valence electrons. The van der Waals surface area contributed by atoms with Crippen molar-refractivity contribution >= 4 is 19.4 Å². The fourth-order valence-electron chi connectivity index (χ4n) is 0.784. The van der Waals surface area contributed by atoms with E-state index >= 15 is 0 Å². The summed E-state index contributed by atoms with van der Waals surface area (Å²) in [6.07, 6.45) is 0. The third-order valence-corrected chi connectivity index (χ3v) is 4.69. The molecule has 1 aromatic carbocycles. The van der Waals surface area contributed by atoms with Gasteiger partial charge in [-0.05, 0) is 0 Å². The zero-order valence-corrected chi connectivity index (χ0v) is 10.2. The third kappa shape index (κ3) is 3.38. The number of benzene rings is 1. The molecule has 0 radical (unpaired) electrons. The van der Waals surface area contributed by atoms with E-state index in [4.69, 9.17) is 0 Å². The summed E-state index contributed by atoms with van der Waals surface area (Å²) in [5.41, 5.74) is 0.246. The summed E-state index contributed by atoms with van der Waals surface area (Å²) in [5, 5.41) is 0. The fourth-order valence-corrected chi connectivity index (χ4v) is 2.64. The molecule has 0 N–H and O–H groups in total. The van der Waals surface area contributed by atoms with Gasteiger partial charge in [0, 0.05) is 0 Å². The number of hydrogen-bond donors (Lipinski definition) is 0. The molecule has 0 saturated carbocycles. The standard InChI is InChI=1S/C12H16Se/c1-10(12(2,3)4)13-11-8-6-5-7-9-11/h5-9H,1H2,2-4H3. The first kappa shape index (κ1) is 10.6. The van der Waals surface area contributed by atoms with Crippen molar-refractivity contribution in [2.24, 2.45) is 5.41 Å². The van der Waals surface area contributed by atoms with E-state index < -0.39 is 0 Å². The molecule has 0 aliphatic rings. The predicted molar refractivity (Wildman–Crippen MR) is 60.4 cm³/mol. The molecular formula is C12H16Se. The van der Waals surface area contributed by atoms with Crippen LogP contribution in [0.3, 0.4) is 0 Å². The van der Waals surface area contributed by atoms with Crippen LogP contribution in [0, 0.1) is 5.41 Å². The first-order valence-corrected chi connectivity index (χ1v) is 6.14. The molecule has 0 spiro atoms. The minimum atomic E-state index is 0.246. The van der Waals surface area contributed by atoms with E-state index in [2.05, 4.69) is 57.7 Å². The summed E-state index contributed by atoms with van der Waals surface area (Å²) in [6, 6.07) is 10.6. The van der Waals surface area contributed by atoms with Gasteiger partial charge in [-0.3, -0.25) is 0 Å². The maximum absolute atomic E-state index is 4.15. The Labute approximate surface area is 87.2 Å². The summed E-state index contributed by atoms with van der Waals surface area (Å²) in [6.45, 7) is 10.8. The summed E-state index contributed by atoms with van der Waals surface area (Å²) in [5.74, 6) is 0. The molecule has 0 aromatic heterocycles. The predicted octanol–water partition coefficient (Wildman–Crippen LogP) is 2.58. The van der Waals surface area contributed by atoms with E-state index in [1.165, 1.54) is 8.93 Å². The van der Waals surface area contributed by atoms with Crippen LogP contribution in [0.1, 0.15) is 20.8 Å². The van der Waals surface area contributed by atoms with Crippen LogP contribution < -0.4 is 4.46 Å². The summed E-state index contributed by atoms with van der Waals surface area (Å²) in [7, 11) is 0. The Bertz CT molecular complexity index is 280. The van der Waals surface area contributed by atoms with Gasteiger partial charge in [-0.15, -0.1) is 0 Å². The van der Waals surface area contributed by atoms with E-state index in [-0.39, 0.29) is 5.41 Å². The van der Waals surface area contributed by atoms with Crippen molar-refractivity contribution in [2.75, 3.05) is 0 Å². The monoisotopic (exact) mass is 240 g/mol. The zero-order chi connectivity index (χ0) is 9.90. The normalized spacial score (nSPS) is 11.3. The molecule has 1 rings (SSSR count). The molecule has 0 aliphatic heterocycles. The van der Waals surface area contributed by atoms with Crippen LogP contribution >= 0.6 is 0 Å². The molecule has 0 nitrogen and oxygen atoms in total. The molecule has 1 heteroatoms. The van der Waals surface area contributed by atoms with Gasteiger partial charge in [-0.2, -0.15) is 0 Å². The Kier molecular flexibility index (Phi) is 3.35. The number of allylic oxidation sites excluding steroid dienone is 1. The Hall–Kier alpha value is -0.521. The molecule has 0 unspecified atom stereocenters. The molecule has 0 amide bonds. The van der Waals surface area contributed by atoms with Gasteiger partial charge in [0.2, 0.25) is 0 Å². The average Bonchev–Trinajstić information content (AvgIpc) is 2.04. The molecule has 0 aliphatic carbocycles. The Balaban J connectivity index is 2.66. The van der Waals surface area contributed by atoms with E-state index in [0.717, 1.165) is 0 Å². The number of hydrogen-bond acceptors (Lipinski definition) is 0. The quantitative estimate of drug-likeness (QED) is 0.696. The van der Waals surface area contributed by atoms with Gasteiger partial charge < -0.3 is 0 Å². The van der Waals surface area contributed by atoms with E-state index in [1.54, 1.807) is 0 Å². The molecule has 0 bridgehead atoms. The van der Waals surface area contributed by atoms with Gasteiger partial charge in [0.15, 0.2) is 0 Å². The van der Waals surface area contributed by atoms with Gasteiger partial charge >= 0.3 is 87.0 Å². The van der Waals surface area contributed by atoms with Gasteiger partial charge in [0.1, 0.15) is 0 Å². The Morgan fingerprint density at radius 2 is 1.69 bits per heavy atom. The van der Waals surface area contributed by atoms with Crippen LogP contribution in [-0.2, 0) is 0 Å².